The van der Waals surface area contributed by atoms with Crippen molar-refractivity contribution in [3.8, 4) is 0 Å². The van der Waals surface area contributed by atoms with Crippen LogP contribution >= 0.6 is 0 Å². The number of carbonyl (C=O) groups excluding carboxylic acids is 2. The Balaban J connectivity index is 1.70. The van der Waals surface area contributed by atoms with Gasteiger partial charge >= 0.3 is 6.18 Å². The Hall–Kier alpha value is -2.77. The largest absolute Gasteiger partial charge is 0.459 e. The molecule has 8 heteroatoms. The maximum Gasteiger partial charge on any atom is 0.416 e. The number of furan rings is 1. The average Bonchev–Trinajstić information content (AvgIpc) is 3.07. The Labute approximate surface area is 135 Å². The molecule has 1 aromatic carbocycles. The predicted molar refractivity (Wildman–Crippen MR) is 79.2 cm³/mol. The second-order valence-electron chi connectivity index (χ2n) is 4.95. The third-order valence-electron chi connectivity index (χ3n) is 3.17. The smallest absolute Gasteiger partial charge is 0.416 e. The fourth-order valence-corrected chi connectivity index (χ4v) is 1.92. The van der Waals surface area contributed by atoms with Crippen LogP contribution in [-0.2, 0) is 17.4 Å². The molecule has 0 aliphatic carbocycles. The van der Waals surface area contributed by atoms with E-state index in [9.17, 15) is 22.8 Å². The van der Waals surface area contributed by atoms with Crippen molar-refractivity contribution in [2.45, 2.75) is 12.6 Å². The molecular formula is C16H15F3N2O3. The molecule has 0 atom stereocenters. The Kier molecular flexibility index (Phi) is 5.62. The van der Waals surface area contributed by atoms with Crippen LogP contribution in [0.1, 0.15) is 21.7 Å². The number of rotatable bonds is 6. The van der Waals surface area contributed by atoms with E-state index in [0.717, 1.165) is 12.1 Å². The van der Waals surface area contributed by atoms with Gasteiger partial charge in [0.15, 0.2) is 5.76 Å². The zero-order valence-corrected chi connectivity index (χ0v) is 12.5. The molecule has 2 amide bonds. The molecule has 24 heavy (non-hydrogen) atoms. The summed E-state index contributed by atoms with van der Waals surface area (Å²) >= 11 is 0. The normalized spacial score (nSPS) is 11.1. The summed E-state index contributed by atoms with van der Waals surface area (Å²) in [7, 11) is 0. The maximum atomic E-state index is 12.4. The SMILES string of the molecule is O=C(CNC(=O)c1ccco1)NCCc1ccc(C(F)(F)F)cc1. The third-order valence-corrected chi connectivity index (χ3v) is 3.17. The molecular weight excluding hydrogens is 325 g/mol. The quantitative estimate of drug-likeness (QED) is 0.848. The van der Waals surface area contributed by atoms with E-state index >= 15 is 0 Å². The number of alkyl halides is 3. The molecule has 0 fully saturated rings. The number of benzene rings is 1. The van der Waals surface area contributed by atoms with Gasteiger partial charge in [-0.2, -0.15) is 13.2 Å². The predicted octanol–water partition coefficient (Wildman–Crippen LogP) is 2.39. The van der Waals surface area contributed by atoms with Gasteiger partial charge in [0.2, 0.25) is 5.91 Å². The maximum absolute atomic E-state index is 12.4. The monoisotopic (exact) mass is 340 g/mol. The lowest BCUT2D eigenvalue weighted by Gasteiger charge is -2.08. The molecule has 1 heterocycles. The summed E-state index contributed by atoms with van der Waals surface area (Å²) in [6.07, 6.45) is -2.63. The molecule has 1 aromatic heterocycles. The zero-order chi connectivity index (χ0) is 17.6. The molecule has 0 unspecified atom stereocenters. The lowest BCUT2D eigenvalue weighted by atomic mass is 10.1. The number of halogens is 3. The van der Waals surface area contributed by atoms with Crippen molar-refractivity contribution >= 4 is 11.8 Å². The molecule has 0 aliphatic heterocycles. The van der Waals surface area contributed by atoms with Crippen molar-refractivity contribution in [1.82, 2.24) is 10.6 Å². The number of amides is 2. The van der Waals surface area contributed by atoms with E-state index < -0.39 is 23.6 Å². The highest BCUT2D eigenvalue weighted by molar-refractivity contribution is 5.94. The van der Waals surface area contributed by atoms with Gasteiger partial charge in [0.1, 0.15) is 0 Å². The first-order chi connectivity index (χ1) is 11.4. The Morgan fingerprint density at radius 2 is 1.75 bits per heavy atom. The standard InChI is InChI=1S/C16H15F3N2O3/c17-16(18,19)12-5-3-11(4-6-12)7-8-20-14(22)10-21-15(23)13-2-1-9-24-13/h1-6,9H,7-8,10H2,(H,20,22)(H,21,23). The van der Waals surface area contributed by atoms with Gasteiger partial charge in [-0.25, -0.2) is 0 Å². The van der Waals surface area contributed by atoms with Crippen molar-refractivity contribution < 1.29 is 27.2 Å². The molecule has 0 saturated heterocycles. The Morgan fingerprint density at radius 1 is 1.04 bits per heavy atom. The topological polar surface area (TPSA) is 71.3 Å². The summed E-state index contributed by atoms with van der Waals surface area (Å²) < 4.78 is 42.2. The van der Waals surface area contributed by atoms with Crippen LogP contribution < -0.4 is 10.6 Å². The van der Waals surface area contributed by atoms with Crippen LogP contribution in [0.4, 0.5) is 13.2 Å². The van der Waals surface area contributed by atoms with Crippen molar-refractivity contribution in [3.05, 3.63) is 59.5 Å². The average molecular weight is 340 g/mol. The Bertz CT molecular complexity index is 680. The summed E-state index contributed by atoms with van der Waals surface area (Å²) in [4.78, 5) is 23.1. The number of hydrogen-bond acceptors (Lipinski definition) is 3. The van der Waals surface area contributed by atoms with E-state index in [0.29, 0.717) is 12.0 Å². The molecule has 2 aromatic rings. The van der Waals surface area contributed by atoms with Gasteiger partial charge in [-0.05, 0) is 36.2 Å². The van der Waals surface area contributed by atoms with Crippen LogP contribution in [-0.4, -0.2) is 24.9 Å². The fraction of sp³-hybridized carbons (Fsp3) is 0.250. The zero-order valence-electron chi connectivity index (χ0n) is 12.5. The third kappa shape index (κ3) is 5.15. The number of carbonyl (C=O) groups is 2. The number of nitrogens with one attached hydrogen (secondary N) is 2. The van der Waals surface area contributed by atoms with Crippen LogP contribution in [0.2, 0.25) is 0 Å². The van der Waals surface area contributed by atoms with Gasteiger partial charge in [-0.15, -0.1) is 0 Å². The first kappa shape index (κ1) is 17.6. The van der Waals surface area contributed by atoms with Crippen molar-refractivity contribution in [3.63, 3.8) is 0 Å². The van der Waals surface area contributed by atoms with Gasteiger partial charge < -0.3 is 15.1 Å². The van der Waals surface area contributed by atoms with Gasteiger partial charge in [0.25, 0.3) is 5.91 Å². The highest BCUT2D eigenvalue weighted by Gasteiger charge is 2.29. The summed E-state index contributed by atoms with van der Waals surface area (Å²) in [6, 6.07) is 7.76. The molecule has 0 saturated carbocycles. The summed E-state index contributed by atoms with van der Waals surface area (Å²) in [5.74, 6) is -0.799. The Morgan fingerprint density at radius 3 is 2.33 bits per heavy atom. The first-order valence-electron chi connectivity index (χ1n) is 7.11. The van der Waals surface area contributed by atoms with Crippen LogP contribution in [0.5, 0.6) is 0 Å². The minimum atomic E-state index is -4.36. The lowest BCUT2D eigenvalue weighted by molar-refractivity contribution is -0.137. The van der Waals surface area contributed by atoms with E-state index in [4.69, 9.17) is 4.42 Å². The highest BCUT2D eigenvalue weighted by atomic mass is 19.4. The molecule has 0 aliphatic rings. The van der Waals surface area contributed by atoms with Gasteiger partial charge in [-0.3, -0.25) is 9.59 Å². The van der Waals surface area contributed by atoms with Gasteiger partial charge in [0, 0.05) is 6.54 Å². The van der Waals surface area contributed by atoms with E-state index in [1.165, 1.54) is 24.5 Å². The molecule has 0 spiro atoms. The van der Waals surface area contributed by atoms with Crippen molar-refractivity contribution in [1.29, 1.82) is 0 Å². The van der Waals surface area contributed by atoms with Crippen LogP contribution in [0.3, 0.4) is 0 Å². The van der Waals surface area contributed by atoms with E-state index in [2.05, 4.69) is 10.6 Å². The minimum absolute atomic E-state index is 0.104. The minimum Gasteiger partial charge on any atom is -0.459 e. The second kappa shape index (κ2) is 7.67. The van der Waals surface area contributed by atoms with Crippen LogP contribution in [0.15, 0.2) is 47.1 Å². The molecule has 0 bridgehead atoms. The summed E-state index contributed by atoms with van der Waals surface area (Å²) in [6.45, 7) is 0.0351. The first-order valence-corrected chi connectivity index (χ1v) is 7.11. The fourth-order valence-electron chi connectivity index (χ4n) is 1.92. The van der Waals surface area contributed by atoms with Gasteiger partial charge in [0.05, 0.1) is 18.4 Å². The van der Waals surface area contributed by atoms with Crippen molar-refractivity contribution in [2.75, 3.05) is 13.1 Å². The highest BCUT2D eigenvalue weighted by Crippen LogP contribution is 2.29. The molecule has 128 valence electrons. The van der Waals surface area contributed by atoms with E-state index in [1.54, 1.807) is 6.07 Å². The van der Waals surface area contributed by atoms with Crippen LogP contribution in [0.25, 0.3) is 0 Å². The van der Waals surface area contributed by atoms with E-state index in [-0.39, 0.29) is 18.8 Å². The summed E-state index contributed by atoms with van der Waals surface area (Å²) in [5, 5.41) is 4.96. The summed E-state index contributed by atoms with van der Waals surface area (Å²) in [5.41, 5.74) is -0.0427. The molecule has 2 N–H and O–H groups in total. The molecule has 2 rings (SSSR count). The van der Waals surface area contributed by atoms with Gasteiger partial charge in [-0.1, -0.05) is 12.1 Å². The van der Waals surface area contributed by atoms with Crippen LogP contribution in [0, 0.1) is 0 Å². The second-order valence-corrected chi connectivity index (χ2v) is 4.95. The van der Waals surface area contributed by atoms with Crippen molar-refractivity contribution in [2.24, 2.45) is 0 Å². The van der Waals surface area contributed by atoms with E-state index in [1.807, 2.05) is 0 Å². The molecule has 0 radical (unpaired) electrons. The molecule has 5 nitrogen and oxygen atoms in total. The number of hydrogen-bond donors (Lipinski definition) is 2. The lowest BCUT2D eigenvalue weighted by Crippen LogP contribution is -2.37.